The average molecular weight is 362 g/mol. The molecule has 1 aliphatic rings. The minimum atomic E-state index is -3.87. The molecule has 2 aromatic carbocycles. The maximum absolute atomic E-state index is 13.1. The number of fused-ring (bicyclic) bond motifs is 1. The second-order valence-corrected chi connectivity index (χ2v) is 7.35. The van der Waals surface area contributed by atoms with E-state index in [-0.39, 0.29) is 23.5 Å². The normalized spacial score (nSPS) is 14.1. The van der Waals surface area contributed by atoms with Gasteiger partial charge in [0.1, 0.15) is 5.82 Å². The van der Waals surface area contributed by atoms with Gasteiger partial charge < -0.3 is 0 Å². The predicted octanol–water partition coefficient (Wildman–Crippen LogP) is 1.71. The van der Waals surface area contributed by atoms with Gasteiger partial charge in [-0.2, -0.15) is 0 Å². The van der Waals surface area contributed by atoms with Crippen LogP contribution in [0.4, 0.5) is 4.39 Å². The average Bonchev–Trinajstić information content (AvgIpc) is 2.80. The molecular formula is C17H15FN2O4S. The second kappa shape index (κ2) is 6.38. The van der Waals surface area contributed by atoms with E-state index in [1.807, 2.05) is 0 Å². The molecule has 0 saturated carbocycles. The van der Waals surface area contributed by atoms with E-state index in [2.05, 4.69) is 4.72 Å². The molecule has 2 aromatic rings. The molecule has 0 unspecified atom stereocenters. The van der Waals surface area contributed by atoms with Gasteiger partial charge in [-0.05, 0) is 42.8 Å². The number of imide groups is 1. The number of aryl methyl sites for hydroxylation is 1. The second-order valence-electron chi connectivity index (χ2n) is 5.62. The Morgan fingerprint density at radius 1 is 1.04 bits per heavy atom. The number of amides is 2. The Labute approximate surface area is 144 Å². The van der Waals surface area contributed by atoms with E-state index in [0.29, 0.717) is 11.1 Å². The van der Waals surface area contributed by atoms with Gasteiger partial charge in [0, 0.05) is 13.1 Å². The van der Waals surface area contributed by atoms with Crippen LogP contribution in [-0.4, -0.2) is 38.2 Å². The zero-order valence-corrected chi connectivity index (χ0v) is 14.1. The van der Waals surface area contributed by atoms with Gasteiger partial charge >= 0.3 is 0 Å². The van der Waals surface area contributed by atoms with E-state index < -0.39 is 27.7 Å². The molecule has 0 fully saturated rings. The van der Waals surface area contributed by atoms with Crippen molar-refractivity contribution in [2.45, 2.75) is 11.8 Å². The highest BCUT2D eigenvalue weighted by Crippen LogP contribution is 2.22. The van der Waals surface area contributed by atoms with E-state index >= 15 is 0 Å². The van der Waals surface area contributed by atoms with Crippen molar-refractivity contribution in [3.05, 3.63) is 65.0 Å². The van der Waals surface area contributed by atoms with Gasteiger partial charge in [-0.3, -0.25) is 14.5 Å². The Hall–Kier alpha value is -2.58. The first-order valence-electron chi connectivity index (χ1n) is 7.52. The third kappa shape index (κ3) is 3.18. The zero-order chi connectivity index (χ0) is 18.2. The standard InChI is InChI=1S/C17H15FN2O4S/c1-11-10-12(18)6-7-15(11)25(23,24)19-8-9-20-16(21)13-4-2-3-5-14(13)17(20)22/h2-7,10,19H,8-9H2,1H3. The predicted molar refractivity (Wildman–Crippen MR) is 88.1 cm³/mol. The monoisotopic (exact) mass is 362 g/mol. The number of rotatable bonds is 5. The molecule has 2 amide bonds. The van der Waals surface area contributed by atoms with Crippen molar-refractivity contribution in [2.24, 2.45) is 0 Å². The number of nitrogens with one attached hydrogen (secondary N) is 1. The van der Waals surface area contributed by atoms with Crippen LogP contribution in [0.15, 0.2) is 47.4 Å². The summed E-state index contributed by atoms with van der Waals surface area (Å²) in [5.41, 5.74) is 0.891. The Morgan fingerprint density at radius 2 is 1.64 bits per heavy atom. The van der Waals surface area contributed by atoms with Crippen molar-refractivity contribution in [1.82, 2.24) is 9.62 Å². The minimum absolute atomic E-state index is 0.0451. The molecule has 0 spiro atoms. The lowest BCUT2D eigenvalue weighted by atomic mass is 10.1. The van der Waals surface area contributed by atoms with E-state index in [1.165, 1.54) is 13.0 Å². The summed E-state index contributed by atoms with van der Waals surface area (Å²) < 4.78 is 40.0. The van der Waals surface area contributed by atoms with Gasteiger partial charge in [0.25, 0.3) is 11.8 Å². The quantitative estimate of drug-likeness (QED) is 0.821. The van der Waals surface area contributed by atoms with Crippen LogP contribution in [0.5, 0.6) is 0 Å². The fourth-order valence-electron chi connectivity index (χ4n) is 2.73. The van der Waals surface area contributed by atoms with E-state index in [9.17, 15) is 22.4 Å². The van der Waals surface area contributed by atoms with Crippen LogP contribution in [0.3, 0.4) is 0 Å². The number of benzene rings is 2. The number of hydrogen-bond acceptors (Lipinski definition) is 4. The highest BCUT2D eigenvalue weighted by Gasteiger charge is 2.34. The molecule has 6 nitrogen and oxygen atoms in total. The Bertz CT molecular complexity index is 937. The van der Waals surface area contributed by atoms with E-state index in [4.69, 9.17) is 0 Å². The largest absolute Gasteiger partial charge is 0.273 e. The van der Waals surface area contributed by atoms with Crippen LogP contribution < -0.4 is 4.72 Å². The molecule has 1 N–H and O–H groups in total. The summed E-state index contributed by atoms with van der Waals surface area (Å²) in [7, 11) is -3.87. The van der Waals surface area contributed by atoms with Gasteiger partial charge in [0.2, 0.25) is 10.0 Å². The Morgan fingerprint density at radius 3 is 2.20 bits per heavy atom. The summed E-state index contributed by atoms with van der Waals surface area (Å²) in [5.74, 6) is -1.42. The molecule has 8 heteroatoms. The van der Waals surface area contributed by atoms with Crippen LogP contribution in [-0.2, 0) is 10.0 Å². The molecule has 25 heavy (non-hydrogen) atoms. The summed E-state index contributed by atoms with van der Waals surface area (Å²) in [4.78, 5) is 25.4. The molecule has 1 aliphatic heterocycles. The Balaban J connectivity index is 1.69. The van der Waals surface area contributed by atoms with Crippen LogP contribution in [0, 0.1) is 12.7 Å². The summed E-state index contributed by atoms with van der Waals surface area (Å²) in [5, 5.41) is 0. The first-order chi connectivity index (χ1) is 11.8. The van der Waals surface area contributed by atoms with Crippen LogP contribution in [0.25, 0.3) is 0 Å². The first-order valence-corrected chi connectivity index (χ1v) is 9.00. The molecule has 0 saturated heterocycles. The van der Waals surface area contributed by atoms with Gasteiger partial charge in [-0.25, -0.2) is 17.5 Å². The maximum Gasteiger partial charge on any atom is 0.261 e. The third-order valence-electron chi connectivity index (χ3n) is 3.93. The molecule has 0 radical (unpaired) electrons. The lowest BCUT2D eigenvalue weighted by molar-refractivity contribution is 0.0657. The summed E-state index contributed by atoms with van der Waals surface area (Å²) in [6.45, 7) is 1.26. The topological polar surface area (TPSA) is 83.6 Å². The van der Waals surface area contributed by atoms with Gasteiger partial charge in [-0.1, -0.05) is 12.1 Å². The van der Waals surface area contributed by atoms with Crippen molar-refractivity contribution in [3.63, 3.8) is 0 Å². The SMILES string of the molecule is Cc1cc(F)ccc1S(=O)(=O)NCCN1C(=O)c2ccccc2C1=O. The molecule has 0 aromatic heterocycles. The molecular weight excluding hydrogens is 347 g/mol. The first kappa shape index (κ1) is 17.2. The fraction of sp³-hybridized carbons (Fsp3) is 0.176. The number of carbonyl (C=O) groups excluding carboxylic acids is 2. The van der Waals surface area contributed by atoms with Crippen molar-refractivity contribution in [3.8, 4) is 0 Å². The van der Waals surface area contributed by atoms with Crippen molar-refractivity contribution < 1.29 is 22.4 Å². The van der Waals surface area contributed by atoms with E-state index in [1.54, 1.807) is 24.3 Å². The summed E-state index contributed by atoms with van der Waals surface area (Å²) in [6.07, 6.45) is 0. The fourth-order valence-corrected chi connectivity index (χ4v) is 3.97. The molecule has 1 heterocycles. The molecule has 0 bridgehead atoms. The smallest absolute Gasteiger partial charge is 0.261 e. The lowest BCUT2D eigenvalue weighted by Gasteiger charge is -2.15. The molecule has 3 rings (SSSR count). The van der Waals surface area contributed by atoms with Crippen molar-refractivity contribution in [2.75, 3.05) is 13.1 Å². The molecule has 130 valence electrons. The highest BCUT2D eigenvalue weighted by atomic mass is 32.2. The molecule has 0 atom stereocenters. The van der Waals surface area contributed by atoms with Crippen molar-refractivity contribution in [1.29, 1.82) is 0 Å². The number of nitrogens with zero attached hydrogens (tertiary/aromatic N) is 1. The van der Waals surface area contributed by atoms with Crippen LogP contribution in [0.2, 0.25) is 0 Å². The number of halogens is 1. The van der Waals surface area contributed by atoms with Gasteiger partial charge in [0.05, 0.1) is 16.0 Å². The van der Waals surface area contributed by atoms with E-state index in [0.717, 1.165) is 17.0 Å². The molecule has 0 aliphatic carbocycles. The van der Waals surface area contributed by atoms with Crippen molar-refractivity contribution >= 4 is 21.8 Å². The number of carbonyl (C=O) groups is 2. The summed E-state index contributed by atoms with van der Waals surface area (Å²) >= 11 is 0. The number of hydrogen-bond donors (Lipinski definition) is 1. The lowest BCUT2D eigenvalue weighted by Crippen LogP contribution is -2.38. The van der Waals surface area contributed by atoms with Gasteiger partial charge in [0.15, 0.2) is 0 Å². The zero-order valence-electron chi connectivity index (χ0n) is 13.3. The maximum atomic E-state index is 13.1. The number of sulfonamides is 1. The summed E-state index contributed by atoms with van der Waals surface area (Å²) in [6, 6.07) is 9.80. The van der Waals surface area contributed by atoms with Gasteiger partial charge in [-0.15, -0.1) is 0 Å². The Kier molecular flexibility index (Phi) is 4.40. The van der Waals surface area contributed by atoms with Crippen LogP contribution >= 0.6 is 0 Å². The van der Waals surface area contributed by atoms with Crippen LogP contribution in [0.1, 0.15) is 26.3 Å². The minimum Gasteiger partial charge on any atom is -0.273 e. The highest BCUT2D eigenvalue weighted by molar-refractivity contribution is 7.89. The third-order valence-corrected chi connectivity index (χ3v) is 5.55.